The Morgan fingerprint density at radius 1 is 1.18 bits per heavy atom. The molecular formula is C21H28IN5O. The van der Waals surface area contributed by atoms with Gasteiger partial charge in [0.25, 0.3) is 0 Å². The van der Waals surface area contributed by atoms with E-state index in [1.807, 2.05) is 49.5 Å². The first-order chi connectivity index (χ1) is 13.1. The molecule has 2 aromatic heterocycles. The van der Waals surface area contributed by atoms with Crippen LogP contribution in [-0.4, -0.2) is 31.6 Å². The van der Waals surface area contributed by atoms with Gasteiger partial charge in [-0.15, -0.1) is 24.0 Å². The quantitative estimate of drug-likeness (QED) is 0.308. The zero-order chi connectivity index (χ0) is 19.2. The topological polar surface area (TPSA) is 65.7 Å². The number of nitrogens with zero attached hydrogens (tertiary/aromatic N) is 3. The molecule has 7 heteroatoms. The first-order valence-electron chi connectivity index (χ1n) is 9.20. The summed E-state index contributed by atoms with van der Waals surface area (Å²) in [6, 6.07) is 12.1. The molecule has 0 saturated carbocycles. The molecular weight excluding hydrogens is 465 g/mol. The van der Waals surface area contributed by atoms with Gasteiger partial charge < -0.3 is 20.0 Å². The van der Waals surface area contributed by atoms with Crippen molar-refractivity contribution in [3.8, 4) is 0 Å². The highest BCUT2D eigenvalue weighted by Gasteiger charge is 2.10. The molecule has 150 valence electrons. The van der Waals surface area contributed by atoms with Crippen molar-refractivity contribution >= 4 is 46.7 Å². The normalized spacial score (nSPS) is 11.2. The van der Waals surface area contributed by atoms with Gasteiger partial charge in [-0.2, -0.15) is 0 Å². The van der Waals surface area contributed by atoms with E-state index in [4.69, 9.17) is 4.42 Å². The highest BCUT2D eigenvalue weighted by molar-refractivity contribution is 14.0. The van der Waals surface area contributed by atoms with Crippen LogP contribution >= 0.6 is 24.0 Å². The summed E-state index contributed by atoms with van der Waals surface area (Å²) in [7, 11) is 3.97. The van der Waals surface area contributed by atoms with Crippen LogP contribution in [0.3, 0.4) is 0 Å². The summed E-state index contributed by atoms with van der Waals surface area (Å²) in [5, 5.41) is 7.81. The third-order valence-electron chi connectivity index (χ3n) is 4.39. The SMILES string of the molecule is CCNC(=NCc1ccnc(N(C)C)c1)NCc1oc2ccccc2c1C.I. The van der Waals surface area contributed by atoms with Gasteiger partial charge in [-0.05, 0) is 37.6 Å². The molecule has 0 fully saturated rings. The smallest absolute Gasteiger partial charge is 0.191 e. The van der Waals surface area contributed by atoms with Crippen molar-refractivity contribution in [2.45, 2.75) is 26.9 Å². The van der Waals surface area contributed by atoms with Gasteiger partial charge in [-0.3, -0.25) is 0 Å². The van der Waals surface area contributed by atoms with Gasteiger partial charge in [0.05, 0.1) is 13.1 Å². The van der Waals surface area contributed by atoms with Crippen molar-refractivity contribution in [2.24, 2.45) is 4.99 Å². The average Bonchev–Trinajstić information content (AvgIpc) is 3.00. The molecule has 0 radical (unpaired) electrons. The van der Waals surface area contributed by atoms with Crippen LogP contribution in [0.2, 0.25) is 0 Å². The molecule has 0 bridgehead atoms. The summed E-state index contributed by atoms with van der Waals surface area (Å²) < 4.78 is 5.97. The number of pyridine rings is 1. The third kappa shape index (κ3) is 5.37. The van der Waals surface area contributed by atoms with Gasteiger partial charge in [-0.1, -0.05) is 18.2 Å². The second-order valence-corrected chi connectivity index (χ2v) is 6.61. The van der Waals surface area contributed by atoms with E-state index in [9.17, 15) is 0 Å². The van der Waals surface area contributed by atoms with Crippen LogP contribution in [0.5, 0.6) is 0 Å². The second-order valence-electron chi connectivity index (χ2n) is 6.61. The highest BCUT2D eigenvalue weighted by atomic mass is 127. The minimum absolute atomic E-state index is 0. The van der Waals surface area contributed by atoms with Gasteiger partial charge in [-0.25, -0.2) is 9.98 Å². The maximum atomic E-state index is 5.97. The van der Waals surface area contributed by atoms with Crippen LogP contribution in [0.1, 0.15) is 23.8 Å². The Bertz CT molecular complexity index is 935. The Hall–Kier alpha value is -2.29. The van der Waals surface area contributed by atoms with Gasteiger partial charge in [0.1, 0.15) is 17.2 Å². The summed E-state index contributed by atoms with van der Waals surface area (Å²) in [6.07, 6.45) is 1.82. The summed E-state index contributed by atoms with van der Waals surface area (Å²) in [5.41, 5.74) is 3.20. The summed E-state index contributed by atoms with van der Waals surface area (Å²) in [4.78, 5) is 11.0. The van der Waals surface area contributed by atoms with Gasteiger partial charge in [0.2, 0.25) is 0 Å². The van der Waals surface area contributed by atoms with Crippen molar-refractivity contribution < 1.29 is 4.42 Å². The lowest BCUT2D eigenvalue weighted by atomic mass is 10.1. The molecule has 0 spiro atoms. The number of aryl methyl sites for hydroxylation is 1. The fraction of sp³-hybridized carbons (Fsp3) is 0.333. The maximum absolute atomic E-state index is 5.97. The molecule has 0 amide bonds. The van der Waals surface area contributed by atoms with Crippen LogP contribution in [-0.2, 0) is 13.1 Å². The number of rotatable bonds is 6. The van der Waals surface area contributed by atoms with E-state index in [0.717, 1.165) is 40.6 Å². The van der Waals surface area contributed by atoms with E-state index in [1.54, 1.807) is 0 Å². The van der Waals surface area contributed by atoms with E-state index in [0.29, 0.717) is 13.1 Å². The van der Waals surface area contributed by atoms with Crippen molar-refractivity contribution in [1.82, 2.24) is 15.6 Å². The molecule has 1 aromatic carbocycles. The molecule has 0 aliphatic rings. The van der Waals surface area contributed by atoms with Gasteiger partial charge >= 0.3 is 0 Å². The van der Waals surface area contributed by atoms with E-state index in [1.165, 1.54) is 5.56 Å². The minimum atomic E-state index is 0. The molecule has 3 aromatic rings. The summed E-state index contributed by atoms with van der Waals surface area (Å²) in [6.45, 7) is 6.11. The largest absolute Gasteiger partial charge is 0.459 e. The van der Waals surface area contributed by atoms with Crippen molar-refractivity contribution in [2.75, 3.05) is 25.5 Å². The van der Waals surface area contributed by atoms with Crippen LogP contribution in [0.25, 0.3) is 11.0 Å². The van der Waals surface area contributed by atoms with E-state index >= 15 is 0 Å². The number of aromatic nitrogens is 1. The number of anilines is 1. The molecule has 0 unspecified atom stereocenters. The molecule has 0 saturated heterocycles. The molecule has 0 aliphatic heterocycles. The highest BCUT2D eigenvalue weighted by Crippen LogP contribution is 2.24. The lowest BCUT2D eigenvalue weighted by Crippen LogP contribution is -2.36. The monoisotopic (exact) mass is 493 g/mol. The van der Waals surface area contributed by atoms with Crippen LogP contribution in [0, 0.1) is 6.92 Å². The first kappa shape index (κ1) is 22.0. The van der Waals surface area contributed by atoms with Crippen molar-refractivity contribution in [1.29, 1.82) is 0 Å². The number of hydrogen-bond donors (Lipinski definition) is 2. The number of para-hydroxylation sites is 1. The maximum Gasteiger partial charge on any atom is 0.191 e. The standard InChI is InChI=1S/C21H27N5O.HI/c1-5-22-21(24-13-16-10-11-23-20(12-16)26(3)4)25-14-19-15(2)17-8-6-7-9-18(17)27-19;/h6-12H,5,13-14H2,1-4H3,(H2,22,24,25);1H. The fourth-order valence-electron chi connectivity index (χ4n) is 2.87. The van der Waals surface area contributed by atoms with Crippen molar-refractivity contribution in [3.05, 3.63) is 59.5 Å². The number of guanidine groups is 1. The summed E-state index contributed by atoms with van der Waals surface area (Å²) >= 11 is 0. The van der Waals surface area contributed by atoms with E-state index in [2.05, 4.69) is 46.6 Å². The Morgan fingerprint density at radius 2 is 1.96 bits per heavy atom. The molecule has 0 aliphatic carbocycles. The average molecular weight is 493 g/mol. The number of furan rings is 1. The molecule has 6 nitrogen and oxygen atoms in total. The number of hydrogen-bond acceptors (Lipinski definition) is 4. The number of halogens is 1. The van der Waals surface area contributed by atoms with Crippen LogP contribution < -0.4 is 15.5 Å². The molecule has 28 heavy (non-hydrogen) atoms. The van der Waals surface area contributed by atoms with E-state index in [-0.39, 0.29) is 24.0 Å². The Labute approximate surface area is 183 Å². The number of fused-ring (bicyclic) bond motifs is 1. The van der Waals surface area contributed by atoms with E-state index < -0.39 is 0 Å². The second kappa shape index (κ2) is 10.3. The Balaban J connectivity index is 0.00000280. The van der Waals surface area contributed by atoms with Crippen LogP contribution in [0.4, 0.5) is 5.82 Å². The molecule has 0 atom stereocenters. The Morgan fingerprint density at radius 3 is 2.68 bits per heavy atom. The zero-order valence-electron chi connectivity index (χ0n) is 16.8. The lowest BCUT2D eigenvalue weighted by molar-refractivity contribution is 0.534. The Kier molecular flexibility index (Phi) is 8.10. The minimum Gasteiger partial charge on any atom is -0.459 e. The first-order valence-corrected chi connectivity index (χ1v) is 9.20. The van der Waals surface area contributed by atoms with Crippen LogP contribution in [0.15, 0.2) is 52.0 Å². The van der Waals surface area contributed by atoms with Gasteiger partial charge in [0.15, 0.2) is 5.96 Å². The lowest BCUT2D eigenvalue weighted by Gasteiger charge is -2.13. The number of nitrogens with one attached hydrogen (secondary N) is 2. The summed E-state index contributed by atoms with van der Waals surface area (Å²) in [5.74, 6) is 2.62. The number of aliphatic imine (C=N–C) groups is 1. The zero-order valence-corrected chi connectivity index (χ0v) is 19.2. The molecule has 3 rings (SSSR count). The predicted molar refractivity (Wildman–Crippen MR) is 127 cm³/mol. The molecule has 2 heterocycles. The van der Waals surface area contributed by atoms with Gasteiger partial charge in [0, 0.05) is 37.8 Å². The predicted octanol–water partition coefficient (Wildman–Crippen LogP) is 4.08. The molecule has 2 N–H and O–H groups in total. The fourth-order valence-corrected chi connectivity index (χ4v) is 2.87. The third-order valence-corrected chi connectivity index (χ3v) is 4.39. The number of benzene rings is 1. The van der Waals surface area contributed by atoms with Crippen molar-refractivity contribution in [3.63, 3.8) is 0 Å².